The van der Waals surface area contributed by atoms with E-state index in [1.54, 1.807) is 0 Å². The number of rotatable bonds is 9. The number of nitrogens with zero attached hydrogens (tertiary/aromatic N) is 1. The van der Waals surface area contributed by atoms with Crippen LogP contribution in [0.25, 0.3) is 0 Å². The van der Waals surface area contributed by atoms with Crippen LogP contribution in [-0.4, -0.2) is 69.5 Å². The standard InChI is InChI=1S/C28H41NO11/c30-25(31)21-3-1-2-4-22(21)27(34)39-19-10-6-17(7-11-19)38-18-8-12-20(13-9-18)40-28(35)23-14-5-16(29(36)37)15-24(23)26(32)33/h16-24H,1-15H2,(H,30,31)(H,32,33). The molecule has 0 aromatic heterocycles. The van der Waals surface area contributed by atoms with E-state index in [-0.39, 0.29) is 49.6 Å². The van der Waals surface area contributed by atoms with Crippen LogP contribution in [0.1, 0.15) is 96.3 Å². The highest BCUT2D eigenvalue weighted by Crippen LogP contribution is 2.36. The summed E-state index contributed by atoms with van der Waals surface area (Å²) in [6.07, 6.45) is 7.94. The minimum absolute atomic E-state index is 0.0277. The summed E-state index contributed by atoms with van der Waals surface area (Å²) in [6.45, 7) is 0. The van der Waals surface area contributed by atoms with E-state index < -0.39 is 52.5 Å². The molecule has 4 saturated carbocycles. The van der Waals surface area contributed by atoms with Crippen LogP contribution in [0.2, 0.25) is 0 Å². The molecule has 0 aromatic rings. The van der Waals surface area contributed by atoms with Gasteiger partial charge >= 0.3 is 23.9 Å². The second-order valence-corrected chi connectivity index (χ2v) is 11.9. The largest absolute Gasteiger partial charge is 0.481 e. The van der Waals surface area contributed by atoms with Gasteiger partial charge in [0.15, 0.2) is 0 Å². The first-order chi connectivity index (χ1) is 19.1. The van der Waals surface area contributed by atoms with Crippen LogP contribution in [0.15, 0.2) is 0 Å². The fraction of sp³-hybridized carbons (Fsp3) is 0.857. The summed E-state index contributed by atoms with van der Waals surface area (Å²) < 4.78 is 17.7. The Morgan fingerprint density at radius 2 is 1.00 bits per heavy atom. The maximum atomic E-state index is 12.8. The zero-order chi connectivity index (χ0) is 28.8. The van der Waals surface area contributed by atoms with Gasteiger partial charge in [-0.1, -0.05) is 12.8 Å². The fourth-order valence-electron chi connectivity index (χ4n) is 6.95. The van der Waals surface area contributed by atoms with E-state index in [0.717, 1.165) is 25.7 Å². The van der Waals surface area contributed by atoms with Crippen LogP contribution in [-0.2, 0) is 33.4 Å². The predicted molar refractivity (Wildman–Crippen MR) is 138 cm³/mol. The number of ether oxygens (including phenoxy) is 3. The Morgan fingerprint density at radius 1 is 0.575 bits per heavy atom. The van der Waals surface area contributed by atoms with Crippen molar-refractivity contribution in [2.75, 3.05) is 0 Å². The summed E-state index contributed by atoms with van der Waals surface area (Å²) >= 11 is 0. The van der Waals surface area contributed by atoms with Crippen LogP contribution in [0.5, 0.6) is 0 Å². The van der Waals surface area contributed by atoms with Crippen molar-refractivity contribution in [3.8, 4) is 0 Å². The first-order valence-corrected chi connectivity index (χ1v) is 14.8. The van der Waals surface area contributed by atoms with Crippen LogP contribution >= 0.6 is 0 Å². The summed E-state index contributed by atoms with van der Waals surface area (Å²) in [6, 6.07) is -0.943. The molecule has 4 rings (SSSR count). The molecule has 224 valence electrons. The Labute approximate surface area is 233 Å². The molecule has 0 spiro atoms. The van der Waals surface area contributed by atoms with Gasteiger partial charge in [-0.2, -0.15) is 0 Å². The van der Waals surface area contributed by atoms with E-state index in [4.69, 9.17) is 14.2 Å². The summed E-state index contributed by atoms with van der Waals surface area (Å²) in [5, 5.41) is 30.0. The SMILES string of the molecule is O=C(O)C1CCCCC1C(=O)OC1CCC(OC2CCC(OC(=O)C3CCC([N+](=O)[O-])CC3C(=O)O)CC2)CC1. The molecule has 0 aliphatic heterocycles. The predicted octanol–water partition coefficient (Wildman–Crippen LogP) is 3.75. The number of aliphatic carboxylic acids is 2. The molecule has 4 aliphatic rings. The number of hydrogen-bond acceptors (Lipinski definition) is 9. The van der Waals surface area contributed by atoms with Gasteiger partial charge in [-0.3, -0.25) is 29.3 Å². The Hall–Kier alpha value is -2.76. The molecule has 0 aromatic carbocycles. The average Bonchev–Trinajstić information content (AvgIpc) is 2.94. The van der Waals surface area contributed by atoms with Crippen molar-refractivity contribution in [3.63, 3.8) is 0 Å². The Morgan fingerprint density at radius 3 is 1.45 bits per heavy atom. The first kappa shape index (κ1) is 30.2. The van der Waals surface area contributed by atoms with Gasteiger partial charge in [0.05, 0.1) is 35.9 Å². The summed E-state index contributed by atoms with van der Waals surface area (Å²) in [7, 11) is 0. The molecule has 0 saturated heterocycles. The molecule has 40 heavy (non-hydrogen) atoms. The third kappa shape index (κ3) is 7.70. The minimum atomic E-state index is -1.20. The number of carboxylic acids is 2. The molecule has 0 radical (unpaired) electrons. The monoisotopic (exact) mass is 567 g/mol. The van der Waals surface area contributed by atoms with E-state index in [1.807, 2.05) is 0 Å². The van der Waals surface area contributed by atoms with Crippen molar-refractivity contribution < 1.29 is 48.5 Å². The van der Waals surface area contributed by atoms with E-state index in [9.17, 15) is 39.5 Å². The third-order valence-electron chi connectivity index (χ3n) is 9.32. The summed E-state index contributed by atoms with van der Waals surface area (Å²) in [4.78, 5) is 59.2. The zero-order valence-corrected chi connectivity index (χ0v) is 22.8. The maximum Gasteiger partial charge on any atom is 0.310 e. The molecule has 0 bridgehead atoms. The highest BCUT2D eigenvalue weighted by Gasteiger charge is 2.45. The number of carbonyl (C=O) groups excluding carboxylic acids is 2. The lowest BCUT2D eigenvalue weighted by Gasteiger charge is -2.35. The number of carbonyl (C=O) groups is 4. The highest BCUT2D eigenvalue weighted by atomic mass is 16.6. The average molecular weight is 568 g/mol. The minimum Gasteiger partial charge on any atom is -0.481 e. The number of carboxylic acid groups (broad SMARTS) is 2. The fourth-order valence-corrected chi connectivity index (χ4v) is 6.95. The molecule has 5 atom stereocenters. The molecule has 4 aliphatic carbocycles. The zero-order valence-electron chi connectivity index (χ0n) is 22.8. The Bertz CT molecular complexity index is 939. The van der Waals surface area contributed by atoms with Crippen molar-refractivity contribution in [3.05, 3.63) is 10.1 Å². The molecule has 12 nitrogen and oxygen atoms in total. The molecule has 4 fully saturated rings. The van der Waals surface area contributed by atoms with Crippen LogP contribution in [0.3, 0.4) is 0 Å². The highest BCUT2D eigenvalue weighted by molar-refractivity contribution is 5.82. The van der Waals surface area contributed by atoms with Crippen molar-refractivity contribution in [1.82, 2.24) is 0 Å². The quantitative estimate of drug-likeness (QED) is 0.235. The van der Waals surface area contributed by atoms with Gasteiger partial charge in [-0.15, -0.1) is 0 Å². The Balaban J connectivity index is 1.15. The lowest BCUT2D eigenvalue weighted by molar-refractivity contribution is -0.528. The van der Waals surface area contributed by atoms with Crippen molar-refractivity contribution >= 4 is 23.9 Å². The van der Waals surface area contributed by atoms with Gasteiger partial charge in [0, 0.05) is 17.8 Å². The van der Waals surface area contributed by atoms with Crippen LogP contribution in [0.4, 0.5) is 0 Å². The second-order valence-electron chi connectivity index (χ2n) is 11.9. The van der Waals surface area contributed by atoms with E-state index >= 15 is 0 Å². The van der Waals surface area contributed by atoms with Crippen molar-refractivity contribution in [2.45, 2.75) is 127 Å². The van der Waals surface area contributed by atoms with Crippen LogP contribution in [0, 0.1) is 33.8 Å². The Kier molecular flexibility index (Phi) is 10.4. The van der Waals surface area contributed by atoms with E-state index in [2.05, 4.69) is 0 Å². The lowest BCUT2D eigenvalue weighted by atomic mass is 9.77. The van der Waals surface area contributed by atoms with Gasteiger partial charge < -0.3 is 24.4 Å². The van der Waals surface area contributed by atoms with Crippen LogP contribution < -0.4 is 0 Å². The number of hydrogen-bond donors (Lipinski definition) is 2. The molecule has 12 heteroatoms. The van der Waals surface area contributed by atoms with Gasteiger partial charge in [0.2, 0.25) is 6.04 Å². The normalized spacial score (nSPS) is 36.6. The topological polar surface area (TPSA) is 180 Å². The van der Waals surface area contributed by atoms with Gasteiger partial charge in [-0.05, 0) is 70.6 Å². The summed E-state index contributed by atoms with van der Waals surface area (Å²) in [5.74, 6) is -6.26. The van der Waals surface area contributed by atoms with E-state index in [1.165, 1.54) is 0 Å². The number of esters is 2. The molecular formula is C28H41NO11. The molecule has 0 heterocycles. The van der Waals surface area contributed by atoms with Gasteiger partial charge in [-0.25, -0.2) is 0 Å². The van der Waals surface area contributed by atoms with Gasteiger partial charge in [0.1, 0.15) is 12.2 Å². The third-order valence-corrected chi connectivity index (χ3v) is 9.32. The van der Waals surface area contributed by atoms with Crippen molar-refractivity contribution in [2.24, 2.45) is 23.7 Å². The molecular weight excluding hydrogens is 526 g/mol. The smallest absolute Gasteiger partial charge is 0.310 e. The number of nitro groups is 1. The second kappa shape index (κ2) is 13.7. The van der Waals surface area contributed by atoms with Crippen molar-refractivity contribution in [1.29, 1.82) is 0 Å². The van der Waals surface area contributed by atoms with Gasteiger partial charge in [0.25, 0.3) is 0 Å². The summed E-state index contributed by atoms with van der Waals surface area (Å²) in [5.41, 5.74) is 0. The molecule has 5 unspecified atom stereocenters. The first-order valence-electron chi connectivity index (χ1n) is 14.8. The molecule has 0 amide bonds. The van der Waals surface area contributed by atoms with E-state index in [0.29, 0.717) is 51.4 Å². The maximum absolute atomic E-state index is 12.8. The lowest BCUT2D eigenvalue weighted by Crippen LogP contribution is -2.42. The molecule has 2 N–H and O–H groups in total.